The van der Waals surface area contributed by atoms with Gasteiger partial charge < -0.3 is 15.0 Å². The second-order valence-corrected chi connectivity index (χ2v) is 6.13. The Kier molecular flexibility index (Phi) is 6.01. The van der Waals surface area contributed by atoms with Crippen molar-refractivity contribution in [1.29, 1.82) is 0 Å². The summed E-state index contributed by atoms with van der Waals surface area (Å²) < 4.78 is 5.27. The highest BCUT2D eigenvalue weighted by Crippen LogP contribution is 2.18. The molecule has 0 aliphatic carbocycles. The zero-order valence-electron chi connectivity index (χ0n) is 11.9. The molecule has 0 saturated carbocycles. The van der Waals surface area contributed by atoms with Crippen LogP contribution in [0.2, 0.25) is 0 Å². The summed E-state index contributed by atoms with van der Waals surface area (Å²) in [6.45, 7) is 6.87. The number of nitrogens with one attached hydrogen (secondary N) is 1. The van der Waals surface area contributed by atoms with Gasteiger partial charge in [-0.2, -0.15) is 11.8 Å². The summed E-state index contributed by atoms with van der Waals surface area (Å²) in [5, 5.41) is 3.59. The first-order valence-corrected chi connectivity index (χ1v) is 8.12. The molecule has 1 aromatic carbocycles. The number of benzene rings is 1. The Labute approximate surface area is 120 Å². The van der Waals surface area contributed by atoms with Gasteiger partial charge in [0.1, 0.15) is 5.75 Å². The zero-order chi connectivity index (χ0) is 13.5. The molecular formula is C15H24N2OS. The summed E-state index contributed by atoms with van der Waals surface area (Å²) in [7, 11) is 1.71. The Morgan fingerprint density at radius 3 is 2.89 bits per heavy atom. The summed E-state index contributed by atoms with van der Waals surface area (Å²) in [5.41, 5.74) is 1.29. The summed E-state index contributed by atoms with van der Waals surface area (Å²) in [5.74, 6) is 3.50. The average Bonchev–Trinajstić information content (AvgIpc) is 2.48. The molecule has 0 amide bonds. The number of hydrogen-bond acceptors (Lipinski definition) is 4. The predicted molar refractivity (Wildman–Crippen MR) is 83.2 cm³/mol. The van der Waals surface area contributed by atoms with Gasteiger partial charge in [0.25, 0.3) is 0 Å². The van der Waals surface area contributed by atoms with E-state index in [9.17, 15) is 0 Å². The van der Waals surface area contributed by atoms with E-state index in [1.54, 1.807) is 7.11 Å². The maximum absolute atomic E-state index is 5.27. The molecule has 2 rings (SSSR count). The zero-order valence-corrected chi connectivity index (χ0v) is 12.7. The third kappa shape index (κ3) is 4.71. The van der Waals surface area contributed by atoms with E-state index < -0.39 is 0 Å². The minimum Gasteiger partial charge on any atom is -0.497 e. The van der Waals surface area contributed by atoms with Crippen molar-refractivity contribution in [2.45, 2.75) is 13.0 Å². The van der Waals surface area contributed by atoms with Crippen LogP contribution < -0.4 is 10.1 Å². The standard InChI is InChI=1S/C15H24N2OS/c1-13(14-4-3-5-15(12-14)18-2)16-6-7-17-8-10-19-11-9-17/h3-5,12-13,16H,6-11H2,1-2H3. The largest absolute Gasteiger partial charge is 0.497 e. The van der Waals surface area contributed by atoms with Gasteiger partial charge in [-0.3, -0.25) is 0 Å². The van der Waals surface area contributed by atoms with E-state index in [0.717, 1.165) is 18.8 Å². The first-order chi connectivity index (χ1) is 9.29. The van der Waals surface area contributed by atoms with Crippen molar-refractivity contribution in [3.05, 3.63) is 29.8 Å². The summed E-state index contributed by atoms with van der Waals surface area (Å²) in [6, 6.07) is 8.66. The van der Waals surface area contributed by atoms with Gasteiger partial charge in [-0.05, 0) is 24.6 Å². The quantitative estimate of drug-likeness (QED) is 0.865. The topological polar surface area (TPSA) is 24.5 Å². The van der Waals surface area contributed by atoms with Crippen molar-refractivity contribution in [2.24, 2.45) is 0 Å². The molecule has 1 aliphatic rings. The smallest absolute Gasteiger partial charge is 0.119 e. The Bertz CT molecular complexity index is 380. The molecule has 19 heavy (non-hydrogen) atoms. The number of hydrogen-bond donors (Lipinski definition) is 1. The lowest BCUT2D eigenvalue weighted by Gasteiger charge is -2.27. The molecule has 1 aromatic rings. The van der Waals surface area contributed by atoms with Crippen LogP contribution in [-0.4, -0.2) is 49.7 Å². The lowest BCUT2D eigenvalue weighted by molar-refractivity contribution is 0.296. The van der Waals surface area contributed by atoms with Gasteiger partial charge in [0.05, 0.1) is 7.11 Å². The molecule has 1 aliphatic heterocycles. The van der Waals surface area contributed by atoms with Crippen LogP contribution in [0.5, 0.6) is 5.75 Å². The molecule has 106 valence electrons. The van der Waals surface area contributed by atoms with Crippen molar-refractivity contribution in [2.75, 3.05) is 44.8 Å². The normalized spacial score (nSPS) is 18.2. The monoisotopic (exact) mass is 280 g/mol. The SMILES string of the molecule is COc1cccc(C(C)NCCN2CCSCC2)c1. The van der Waals surface area contributed by atoms with Gasteiger partial charge in [0.15, 0.2) is 0 Å². The third-order valence-electron chi connectivity index (χ3n) is 3.58. The first-order valence-electron chi connectivity index (χ1n) is 6.97. The molecule has 0 bridgehead atoms. The van der Waals surface area contributed by atoms with E-state index in [4.69, 9.17) is 4.74 Å². The maximum Gasteiger partial charge on any atom is 0.119 e. The molecule has 1 fully saturated rings. The average molecular weight is 280 g/mol. The molecular weight excluding hydrogens is 256 g/mol. The summed E-state index contributed by atoms with van der Waals surface area (Å²) in [6.07, 6.45) is 0. The fraction of sp³-hybridized carbons (Fsp3) is 0.600. The number of nitrogens with zero attached hydrogens (tertiary/aromatic N) is 1. The minimum absolute atomic E-state index is 0.370. The van der Waals surface area contributed by atoms with Gasteiger partial charge in [0.2, 0.25) is 0 Å². The van der Waals surface area contributed by atoms with Crippen molar-refractivity contribution in [1.82, 2.24) is 10.2 Å². The molecule has 0 spiro atoms. The molecule has 3 nitrogen and oxygen atoms in total. The van der Waals surface area contributed by atoms with Crippen LogP contribution >= 0.6 is 11.8 Å². The number of methoxy groups -OCH3 is 1. The van der Waals surface area contributed by atoms with Crippen molar-refractivity contribution in [3.8, 4) is 5.75 Å². The van der Waals surface area contributed by atoms with Gasteiger partial charge in [0, 0.05) is 43.7 Å². The fourth-order valence-corrected chi connectivity index (χ4v) is 3.27. The van der Waals surface area contributed by atoms with Crippen molar-refractivity contribution < 1.29 is 4.74 Å². The molecule has 0 aromatic heterocycles. The van der Waals surface area contributed by atoms with E-state index >= 15 is 0 Å². The second kappa shape index (κ2) is 7.78. The Balaban J connectivity index is 1.75. The predicted octanol–water partition coefficient (Wildman–Crippen LogP) is 2.39. The molecule has 1 unspecified atom stereocenters. The van der Waals surface area contributed by atoms with E-state index in [0.29, 0.717) is 6.04 Å². The van der Waals surface area contributed by atoms with Gasteiger partial charge in [-0.25, -0.2) is 0 Å². The van der Waals surface area contributed by atoms with Gasteiger partial charge >= 0.3 is 0 Å². The van der Waals surface area contributed by atoms with Crippen molar-refractivity contribution in [3.63, 3.8) is 0 Å². The highest BCUT2D eigenvalue weighted by molar-refractivity contribution is 7.99. The lowest BCUT2D eigenvalue weighted by atomic mass is 10.1. The van der Waals surface area contributed by atoms with Crippen LogP contribution in [-0.2, 0) is 0 Å². The van der Waals surface area contributed by atoms with E-state index in [-0.39, 0.29) is 0 Å². The molecule has 1 saturated heterocycles. The highest BCUT2D eigenvalue weighted by Gasteiger charge is 2.10. The number of ether oxygens (including phenoxy) is 1. The van der Waals surface area contributed by atoms with Crippen LogP contribution in [0.25, 0.3) is 0 Å². The maximum atomic E-state index is 5.27. The Morgan fingerprint density at radius 1 is 1.37 bits per heavy atom. The highest BCUT2D eigenvalue weighted by atomic mass is 32.2. The van der Waals surface area contributed by atoms with E-state index in [1.807, 2.05) is 12.1 Å². The summed E-state index contributed by atoms with van der Waals surface area (Å²) in [4.78, 5) is 2.54. The fourth-order valence-electron chi connectivity index (χ4n) is 2.29. The van der Waals surface area contributed by atoms with Gasteiger partial charge in [-0.15, -0.1) is 0 Å². The Morgan fingerprint density at radius 2 is 2.16 bits per heavy atom. The van der Waals surface area contributed by atoms with Crippen LogP contribution in [0.1, 0.15) is 18.5 Å². The molecule has 1 N–H and O–H groups in total. The first kappa shape index (κ1) is 14.7. The number of thioether (sulfide) groups is 1. The number of rotatable bonds is 6. The van der Waals surface area contributed by atoms with Crippen LogP contribution in [0.3, 0.4) is 0 Å². The summed E-state index contributed by atoms with van der Waals surface area (Å²) >= 11 is 2.06. The second-order valence-electron chi connectivity index (χ2n) is 4.91. The van der Waals surface area contributed by atoms with Crippen LogP contribution in [0.4, 0.5) is 0 Å². The van der Waals surface area contributed by atoms with Crippen molar-refractivity contribution >= 4 is 11.8 Å². The lowest BCUT2D eigenvalue weighted by Crippen LogP contribution is -2.38. The Hall–Kier alpha value is -0.710. The molecule has 0 radical (unpaired) electrons. The molecule has 1 heterocycles. The molecule has 4 heteroatoms. The van der Waals surface area contributed by atoms with Crippen LogP contribution in [0.15, 0.2) is 24.3 Å². The van der Waals surface area contributed by atoms with E-state index in [2.05, 4.69) is 41.0 Å². The molecule has 1 atom stereocenters. The third-order valence-corrected chi connectivity index (χ3v) is 4.52. The van der Waals surface area contributed by atoms with Crippen LogP contribution in [0, 0.1) is 0 Å². The minimum atomic E-state index is 0.370. The van der Waals surface area contributed by atoms with E-state index in [1.165, 1.54) is 30.2 Å². The van der Waals surface area contributed by atoms with Gasteiger partial charge in [-0.1, -0.05) is 12.1 Å².